The van der Waals surface area contributed by atoms with Crippen LogP contribution in [-0.2, 0) is 4.79 Å². The van der Waals surface area contributed by atoms with E-state index in [4.69, 9.17) is 4.98 Å². The number of carbonyl (C=O) groups is 1. The van der Waals surface area contributed by atoms with Gasteiger partial charge in [-0.25, -0.2) is 4.98 Å². The van der Waals surface area contributed by atoms with Crippen molar-refractivity contribution in [3.63, 3.8) is 0 Å². The maximum atomic E-state index is 13.2. The molecule has 1 N–H and O–H groups in total. The van der Waals surface area contributed by atoms with Crippen LogP contribution >= 0.6 is 11.8 Å². The molecule has 150 valence electrons. The lowest BCUT2D eigenvalue weighted by Gasteiger charge is -2.17. The molecular weight excluding hydrogens is 394 g/mol. The summed E-state index contributed by atoms with van der Waals surface area (Å²) in [6.07, 6.45) is 0. The summed E-state index contributed by atoms with van der Waals surface area (Å²) < 4.78 is 1.57. The average Bonchev–Trinajstić information content (AvgIpc) is 2.76. The number of hydrogen-bond acceptors (Lipinski definition) is 4. The normalized spacial score (nSPS) is 11.9. The first-order chi connectivity index (χ1) is 14.5. The smallest absolute Gasteiger partial charge is 0.266 e. The van der Waals surface area contributed by atoms with Gasteiger partial charge < -0.3 is 5.32 Å². The van der Waals surface area contributed by atoms with E-state index in [1.165, 1.54) is 11.8 Å². The summed E-state index contributed by atoms with van der Waals surface area (Å²) in [7, 11) is 0. The highest BCUT2D eigenvalue weighted by molar-refractivity contribution is 8.00. The van der Waals surface area contributed by atoms with Crippen LogP contribution in [0.3, 0.4) is 0 Å². The van der Waals surface area contributed by atoms with Gasteiger partial charge in [0.2, 0.25) is 5.91 Å². The van der Waals surface area contributed by atoms with E-state index < -0.39 is 5.25 Å². The van der Waals surface area contributed by atoms with Crippen molar-refractivity contribution < 1.29 is 4.79 Å². The number of aryl methyl sites for hydroxylation is 1. The maximum absolute atomic E-state index is 13.2. The number of para-hydroxylation sites is 3. The monoisotopic (exact) mass is 415 g/mol. The Labute approximate surface area is 178 Å². The predicted molar refractivity (Wildman–Crippen MR) is 122 cm³/mol. The molecule has 0 aliphatic heterocycles. The Kier molecular flexibility index (Phi) is 5.68. The van der Waals surface area contributed by atoms with Crippen LogP contribution in [0.2, 0.25) is 0 Å². The van der Waals surface area contributed by atoms with E-state index in [-0.39, 0.29) is 11.5 Å². The lowest BCUT2D eigenvalue weighted by atomic mass is 10.2. The van der Waals surface area contributed by atoms with E-state index in [9.17, 15) is 9.59 Å². The van der Waals surface area contributed by atoms with Crippen LogP contribution in [0.15, 0.2) is 88.8 Å². The van der Waals surface area contributed by atoms with Crippen LogP contribution in [-0.4, -0.2) is 20.7 Å². The van der Waals surface area contributed by atoms with E-state index in [0.717, 1.165) is 16.9 Å². The molecule has 1 amide bonds. The molecular formula is C24H21N3O2S. The number of aromatic nitrogens is 2. The summed E-state index contributed by atoms with van der Waals surface area (Å²) in [6.45, 7) is 3.76. The summed E-state index contributed by atoms with van der Waals surface area (Å²) in [4.78, 5) is 30.8. The van der Waals surface area contributed by atoms with E-state index >= 15 is 0 Å². The largest absolute Gasteiger partial charge is 0.325 e. The number of amides is 1. The zero-order chi connectivity index (χ0) is 21.1. The second-order valence-corrected chi connectivity index (χ2v) is 8.26. The summed E-state index contributed by atoms with van der Waals surface area (Å²) in [5.41, 5.74) is 2.95. The molecule has 1 atom stereocenters. The average molecular weight is 416 g/mol. The van der Waals surface area contributed by atoms with Crippen LogP contribution in [0.5, 0.6) is 0 Å². The molecule has 0 saturated carbocycles. The van der Waals surface area contributed by atoms with Crippen molar-refractivity contribution in [1.29, 1.82) is 0 Å². The van der Waals surface area contributed by atoms with Crippen molar-refractivity contribution in [3.8, 4) is 5.69 Å². The second-order valence-electron chi connectivity index (χ2n) is 6.95. The van der Waals surface area contributed by atoms with Gasteiger partial charge in [0, 0.05) is 5.69 Å². The van der Waals surface area contributed by atoms with Gasteiger partial charge in [0.05, 0.1) is 21.8 Å². The Morgan fingerprint density at radius 1 is 0.967 bits per heavy atom. The van der Waals surface area contributed by atoms with Crippen LogP contribution in [0.4, 0.5) is 5.69 Å². The number of nitrogens with one attached hydrogen (secondary N) is 1. The Hall–Kier alpha value is -3.38. The Balaban J connectivity index is 1.72. The summed E-state index contributed by atoms with van der Waals surface area (Å²) >= 11 is 1.27. The Morgan fingerprint density at radius 3 is 2.40 bits per heavy atom. The minimum Gasteiger partial charge on any atom is -0.325 e. The minimum absolute atomic E-state index is 0.142. The Bertz CT molecular complexity index is 1270. The zero-order valence-corrected chi connectivity index (χ0v) is 17.5. The molecule has 0 spiro atoms. The van der Waals surface area contributed by atoms with Gasteiger partial charge in [0.1, 0.15) is 0 Å². The minimum atomic E-state index is -0.451. The van der Waals surface area contributed by atoms with E-state index in [1.54, 1.807) is 10.6 Å². The van der Waals surface area contributed by atoms with Crippen LogP contribution in [0.1, 0.15) is 12.5 Å². The number of benzene rings is 3. The third kappa shape index (κ3) is 4.00. The second kappa shape index (κ2) is 8.55. The predicted octanol–water partition coefficient (Wildman–Crippen LogP) is 4.81. The highest BCUT2D eigenvalue weighted by Gasteiger charge is 2.20. The maximum Gasteiger partial charge on any atom is 0.266 e. The molecule has 0 fully saturated rings. The van der Waals surface area contributed by atoms with Gasteiger partial charge in [-0.15, -0.1) is 0 Å². The molecule has 0 aliphatic carbocycles. The summed E-state index contributed by atoms with van der Waals surface area (Å²) in [6, 6.07) is 24.3. The quantitative estimate of drug-likeness (QED) is 0.375. The van der Waals surface area contributed by atoms with Crippen molar-refractivity contribution >= 4 is 34.3 Å². The van der Waals surface area contributed by atoms with Crippen molar-refractivity contribution in [3.05, 3.63) is 94.8 Å². The molecule has 0 bridgehead atoms. The standard InChI is InChI=1S/C24H21N3O2S/c1-16-10-6-8-14-20(16)25-22(28)17(2)30-24-26-21-15-9-7-13-19(21)23(29)27(24)18-11-4-3-5-12-18/h3-15,17H,1-2H3,(H,25,28). The number of hydrogen-bond donors (Lipinski definition) is 1. The fourth-order valence-corrected chi connectivity index (χ4v) is 4.08. The van der Waals surface area contributed by atoms with Gasteiger partial charge in [0.15, 0.2) is 5.16 Å². The zero-order valence-electron chi connectivity index (χ0n) is 16.7. The molecule has 0 radical (unpaired) electrons. The molecule has 1 heterocycles. The summed E-state index contributed by atoms with van der Waals surface area (Å²) in [5.74, 6) is -0.142. The molecule has 30 heavy (non-hydrogen) atoms. The number of fused-ring (bicyclic) bond motifs is 1. The highest BCUT2D eigenvalue weighted by atomic mass is 32.2. The van der Waals surface area contributed by atoms with Crippen molar-refractivity contribution in [2.24, 2.45) is 0 Å². The SMILES string of the molecule is Cc1ccccc1NC(=O)C(C)Sc1nc2ccccc2c(=O)n1-c1ccccc1. The molecule has 3 aromatic carbocycles. The first kappa shape index (κ1) is 19.9. The molecule has 1 unspecified atom stereocenters. The summed E-state index contributed by atoms with van der Waals surface area (Å²) in [5, 5.41) is 3.54. The van der Waals surface area contributed by atoms with E-state index in [0.29, 0.717) is 16.1 Å². The molecule has 4 rings (SSSR count). The first-order valence-corrected chi connectivity index (χ1v) is 10.5. The Morgan fingerprint density at radius 2 is 1.63 bits per heavy atom. The lowest BCUT2D eigenvalue weighted by Crippen LogP contribution is -2.26. The fourth-order valence-electron chi connectivity index (χ4n) is 3.16. The number of nitrogens with zero attached hydrogens (tertiary/aromatic N) is 2. The molecule has 6 heteroatoms. The van der Waals surface area contributed by atoms with Gasteiger partial charge in [-0.05, 0) is 49.7 Å². The lowest BCUT2D eigenvalue weighted by molar-refractivity contribution is -0.115. The third-order valence-electron chi connectivity index (χ3n) is 4.81. The topological polar surface area (TPSA) is 64.0 Å². The van der Waals surface area contributed by atoms with Crippen molar-refractivity contribution in [2.45, 2.75) is 24.3 Å². The molecule has 5 nitrogen and oxygen atoms in total. The van der Waals surface area contributed by atoms with E-state index in [1.807, 2.05) is 86.6 Å². The van der Waals surface area contributed by atoms with Gasteiger partial charge in [-0.2, -0.15) is 0 Å². The van der Waals surface area contributed by atoms with Crippen molar-refractivity contribution in [1.82, 2.24) is 9.55 Å². The van der Waals surface area contributed by atoms with Gasteiger partial charge in [-0.3, -0.25) is 14.2 Å². The van der Waals surface area contributed by atoms with Gasteiger partial charge >= 0.3 is 0 Å². The number of carbonyl (C=O) groups excluding carboxylic acids is 1. The first-order valence-electron chi connectivity index (χ1n) is 9.65. The van der Waals surface area contributed by atoms with Crippen LogP contribution in [0.25, 0.3) is 16.6 Å². The number of thioether (sulfide) groups is 1. The molecule has 0 aliphatic rings. The van der Waals surface area contributed by atoms with Crippen LogP contribution in [0, 0.1) is 6.92 Å². The molecule has 4 aromatic rings. The van der Waals surface area contributed by atoms with Crippen molar-refractivity contribution in [2.75, 3.05) is 5.32 Å². The van der Waals surface area contributed by atoms with E-state index in [2.05, 4.69) is 5.32 Å². The molecule has 0 saturated heterocycles. The fraction of sp³-hybridized carbons (Fsp3) is 0.125. The number of rotatable bonds is 5. The van der Waals surface area contributed by atoms with Gasteiger partial charge in [-0.1, -0.05) is 60.3 Å². The van der Waals surface area contributed by atoms with Gasteiger partial charge in [0.25, 0.3) is 5.56 Å². The molecule has 1 aromatic heterocycles. The van der Waals surface area contributed by atoms with Crippen LogP contribution < -0.4 is 10.9 Å². The highest BCUT2D eigenvalue weighted by Crippen LogP contribution is 2.26. The third-order valence-corrected chi connectivity index (χ3v) is 5.87. The number of anilines is 1.